The van der Waals surface area contributed by atoms with Gasteiger partial charge in [0.25, 0.3) is 0 Å². The molecule has 0 atom stereocenters. The van der Waals surface area contributed by atoms with Crippen LogP contribution in [0.4, 0.5) is 0 Å². The number of carboxylic acids is 1. The van der Waals surface area contributed by atoms with Crippen molar-refractivity contribution in [3.8, 4) is 0 Å². The van der Waals surface area contributed by atoms with Crippen LogP contribution in [0.2, 0.25) is 0 Å². The molecule has 0 radical (unpaired) electrons. The van der Waals surface area contributed by atoms with E-state index in [4.69, 9.17) is 5.11 Å². The highest BCUT2D eigenvalue weighted by atomic mass is 16.5. The molecule has 0 bridgehead atoms. The summed E-state index contributed by atoms with van der Waals surface area (Å²) in [6.07, 6.45) is 2.03. The second-order valence-corrected chi connectivity index (χ2v) is 3.45. The first-order valence-electron chi connectivity index (χ1n) is 4.82. The van der Waals surface area contributed by atoms with Crippen molar-refractivity contribution in [3.63, 3.8) is 0 Å². The summed E-state index contributed by atoms with van der Waals surface area (Å²) in [5, 5.41) is 19.6. The van der Waals surface area contributed by atoms with Crippen LogP contribution in [0.5, 0.6) is 0 Å². The van der Waals surface area contributed by atoms with E-state index in [-0.39, 0.29) is 5.69 Å². The van der Waals surface area contributed by atoms with Crippen molar-refractivity contribution >= 4 is 16.9 Å². The quantitative estimate of drug-likeness (QED) is 0.612. The number of aromatic carboxylic acids is 1. The van der Waals surface area contributed by atoms with Crippen molar-refractivity contribution in [1.29, 1.82) is 0 Å². The minimum absolute atomic E-state index is 0.0962. The monoisotopic (exact) mass is 217 g/mol. The van der Waals surface area contributed by atoms with Gasteiger partial charge in [0.1, 0.15) is 0 Å². The summed E-state index contributed by atoms with van der Waals surface area (Å²) in [6.45, 7) is 3.59. The molecule has 0 fully saturated rings. The van der Waals surface area contributed by atoms with Crippen LogP contribution in [-0.2, 0) is 6.42 Å². The molecule has 0 aliphatic carbocycles. The fraction of sp³-hybridized carbons (Fsp3) is 0.0833. The third kappa shape index (κ3) is 1.35. The van der Waals surface area contributed by atoms with E-state index in [0.29, 0.717) is 17.5 Å². The predicted molar refractivity (Wildman–Crippen MR) is 60.0 cm³/mol. The molecule has 4 nitrogen and oxygen atoms in total. The van der Waals surface area contributed by atoms with Gasteiger partial charge < -0.3 is 10.3 Å². The second kappa shape index (κ2) is 3.73. The van der Waals surface area contributed by atoms with E-state index in [9.17, 15) is 10.0 Å². The molecular weight excluding hydrogens is 206 g/mol. The molecule has 4 heteroatoms. The molecule has 0 aliphatic rings. The number of hydrogen-bond donors (Lipinski definition) is 2. The third-order valence-corrected chi connectivity index (χ3v) is 2.51. The Morgan fingerprint density at radius 2 is 2.12 bits per heavy atom. The summed E-state index contributed by atoms with van der Waals surface area (Å²) < 4.78 is 0.719. The maximum absolute atomic E-state index is 11.1. The minimum atomic E-state index is -1.14. The molecular formula is C12H11NO3. The summed E-state index contributed by atoms with van der Waals surface area (Å²) >= 11 is 0. The molecule has 1 aromatic heterocycles. The highest BCUT2D eigenvalue weighted by Crippen LogP contribution is 2.25. The Morgan fingerprint density at radius 3 is 2.75 bits per heavy atom. The summed E-state index contributed by atoms with van der Waals surface area (Å²) in [5.41, 5.74) is 0.985. The van der Waals surface area contributed by atoms with Crippen LogP contribution in [0, 0.1) is 0 Å². The number of fused-ring (bicyclic) bond motifs is 1. The van der Waals surface area contributed by atoms with Crippen LogP contribution >= 0.6 is 0 Å². The molecule has 2 rings (SSSR count). The molecule has 0 spiro atoms. The Balaban J connectivity index is 2.85. The third-order valence-electron chi connectivity index (χ3n) is 2.51. The molecule has 0 unspecified atom stereocenters. The Hall–Kier alpha value is -2.23. The van der Waals surface area contributed by atoms with Gasteiger partial charge in [0, 0.05) is 5.39 Å². The van der Waals surface area contributed by atoms with Crippen LogP contribution in [0.15, 0.2) is 36.9 Å². The fourth-order valence-corrected chi connectivity index (χ4v) is 1.86. The Bertz CT molecular complexity index is 569. The normalized spacial score (nSPS) is 10.5. The molecule has 16 heavy (non-hydrogen) atoms. The number of para-hydroxylation sites is 1. The number of hydrogen-bond acceptors (Lipinski definition) is 2. The molecule has 2 N–H and O–H groups in total. The predicted octanol–water partition coefficient (Wildman–Crippen LogP) is 2.31. The number of aromatic nitrogens is 1. The van der Waals surface area contributed by atoms with Crippen LogP contribution in [0.3, 0.4) is 0 Å². The second-order valence-electron chi connectivity index (χ2n) is 3.45. The first-order chi connectivity index (χ1) is 7.66. The van der Waals surface area contributed by atoms with Gasteiger partial charge in [-0.25, -0.2) is 4.79 Å². The highest BCUT2D eigenvalue weighted by molar-refractivity contribution is 5.98. The highest BCUT2D eigenvalue weighted by Gasteiger charge is 2.20. The number of carboxylic acid groups (broad SMARTS) is 1. The molecule has 0 amide bonds. The van der Waals surface area contributed by atoms with Gasteiger partial charge in [-0.15, -0.1) is 6.58 Å². The van der Waals surface area contributed by atoms with Gasteiger partial charge in [-0.3, -0.25) is 0 Å². The molecule has 0 aliphatic heterocycles. The molecule has 0 saturated heterocycles. The number of carbonyl (C=O) groups is 1. The lowest BCUT2D eigenvalue weighted by Crippen LogP contribution is -2.07. The number of benzene rings is 1. The number of allylic oxidation sites excluding steroid dienone is 1. The van der Waals surface area contributed by atoms with Crippen LogP contribution in [0.25, 0.3) is 10.9 Å². The van der Waals surface area contributed by atoms with E-state index < -0.39 is 5.97 Å². The average Bonchev–Trinajstić information content (AvgIpc) is 2.54. The summed E-state index contributed by atoms with van der Waals surface area (Å²) in [5.74, 6) is -1.14. The summed E-state index contributed by atoms with van der Waals surface area (Å²) in [6, 6.07) is 7.01. The van der Waals surface area contributed by atoms with Crippen LogP contribution in [0.1, 0.15) is 16.1 Å². The Labute approximate surface area is 92.0 Å². The summed E-state index contributed by atoms with van der Waals surface area (Å²) in [7, 11) is 0. The van der Waals surface area contributed by atoms with Crippen LogP contribution in [-0.4, -0.2) is 21.0 Å². The Kier molecular flexibility index (Phi) is 2.40. The zero-order valence-corrected chi connectivity index (χ0v) is 8.55. The lowest BCUT2D eigenvalue weighted by Gasteiger charge is -1.98. The van der Waals surface area contributed by atoms with Gasteiger partial charge >= 0.3 is 5.97 Å². The standard InChI is InChI=1S/C12H11NO3/c1-2-5-9-8-6-3-4-7-10(8)13(16)11(9)12(14)15/h2-4,6-7,16H,1,5H2,(H,14,15). The van der Waals surface area contributed by atoms with Gasteiger partial charge in [-0.05, 0) is 18.1 Å². The van der Waals surface area contributed by atoms with Crippen molar-refractivity contribution < 1.29 is 15.1 Å². The zero-order valence-electron chi connectivity index (χ0n) is 8.55. The van der Waals surface area contributed by atoms with E-state index in [1.807, 2.05) is 0 Å². The first kappa shape index (κ1) is 10.3. The van der Waals surface area contributed by atoms with E-state index in [2.05, 4.69) is 6.58 Å². The van der Waals surface area contributed by atoms with Gasteiger partial charge in [0.2, 0.25) is 0 Å². The SMILES string of the molecule is C=CCc1c(C(=O)O)n(O)c2ccccc12. The molecule has 0 saturated carbocycles. The minimum Gasteiger partial charge on any atom is -0.476 e. The zero-order chi connectivity index (χ0) is 11.7. The van der Waals surface area contributed by atoms with Crippen molar-refractivity contribution in [2.45, 2.75) is 6.42 Å². The average molecular weight is 217 g/mol. The van der Waals surface area contributed by atoms with Gasteiger partial charge in [-0.2, -0.15) is 4.73 Å². The van der Waals surface area contributed by atoms with Crippen molar-refractivity contribution in [2.75, 3.05) is 0 Å². The van der Waals surface area contributed by atoms with Gasteiger partial charge in [0.15, 0.2) is 5.69 Å². The van der Waals surface area contributed by atoms with Gasteiger partial charge in [-0.1, -0.05) is 24.3 Å². The van der Waals surface area contributed by atoms with E-state index >= 15 is 0 Å². The smallest absolute Gasteiger partial charge is 0.356 e. The van der Waals surface area contributed by atoms with Gasteiger partial charge in [0.05, 0.1) is 5.52 Å². The van der Waals surface area contributed by atoms with Crippen LogP contribution < -0.4 is 0 Å². The molecule has 2 aromatic rings. The lowest BCUT2D eigenvalue weighted by atomic mass is 10.1. The molecule has 1 aromatic carbocycles. The number of rotatable bonds is 3. The topological polar surface area (TPSA) is 62.5 Å². The van der Waals surface area contributed by atoms with E-state index in [1.54, 1.807) is 30.3 Å². The van der Waals surface area contributed by atoms with Crippen molar-refractivity contribution in [2.24, 2.45) is 0 Å². The summed E-state index contributed by atoms with van der Waals surface area (Å²) in [4.78, 5) is 11.1. The maximum Gasteiger partial charge on any atom is 0.356 e. The largest absolute Gasteiger partial charge is 0.476 e. The number of nitrogens with zero attached hydrogens (tertiary/aromatic N) is 1. The fourth-order valence-electron chi connectivity index (χ4n) is 1.86. The maximum atomic E-state index is 11.1. The lowest BCUT2D eigenvalue weighted by molar-refractivity contribution is 0.0648. The first-order valence-corrected chi connectivity index (χ1v) is 4.82. The van der Waals surface area contributed by atoms with Crippen molar-refractivity contribution in [1.82, 2.24) is 4.73 Å². The van der Waals surface area contributed by atoms with E-state index in [1.165, 1.54) is 0 Å². The molecule has 82 valence electrons. The molecule has 1 heterocycles. The Morgan fingerprint density at radius 1 is 1.44 bits per heavy atom. The van der Waals surface area contributed by atoms with Crippen molar-refractivity contribution in [3.05, 3.63) is 48.2 Å². The van der Waals surface area contributed by atoms with E-state index in [0.717, 1.165) is 10.1 Å².